The van der Waals surface area contributed by atoms with Crippen molar-refractivity contribution in [1.82, 2.24) is 0 Å². The lowest BCUT2D eigenvalue weighted by Gasteiger charge is -2.26. The number of hydrogen-bond acceptors (Lipinski definition) is 5. The molecule has 2 N–H and O–H groups in total. The molecule has 1 aliphatic heterocycles. The third-order valence-electron chi connectivity index (χ3n) is 5.92. The molecule has 0 saturated carbocycles. The molecule has 174 valence electrons. The Balaban J connectivity index is 2.01. The summed E-state index contributed by atoms with van der Waals surface area (Å²) in [6.07, 6.45) is 0. The minimum Gasteiger partial charge on any atom is -0.507 e. The zero-order valence-electron chi connectivity index (χ0n) is 18.6. The van der Waals surface area contributed by atoms with Crippen LogP contribution in [-0.2, 0) is 9.59 Å². The number of ketones is 1. The summed E-state index contributed by atoms with van der Waals surface area (Å²) in [5.41, 5.74) is 2.37. The summed E-state index contributed by atoms with van der Waals surface area (Å²) in [4.78, 5) is 27.8. The highest BCUT2D eigenvalue weighted by Gasteiger charge is 2.47. The van der Waals surface area contributed by atoms with Gasteiger partial charge in [0, 0.05) is 5.69 Å². The average molecular weight is 482 g/mol. The topological polar surface area (TPSA) is 87.1 Å². The lowest BCUT2D eigenvalue weighted by molar-refractivity contribution is -0.132. The predicted molar refractivity (Wildman–Crippen MR) is 127 cm³/mol. The summed E-state index contributed by atoms with van der Waals surface area (Å²) in [5.74, 6) is -3.12. The molecule has 0 aliphatic carbocycles. The van der Waals surface area contributed by atoms with E-state index in [9.17, 15) is 24.2 Å². The molecule has 0 radical (unpaired) electrons. The summed E-state index contributed by atoms with van der Waals surface area (Å²) < 4.78 is 19.3. The van der Waals surface area contributed by atoms with Crippen molar-refractivity contribution in [3.05, 3.63) is 93.3 Å². The number of aliphatic hydroxyl groups is 1. The summed E-state index contributed by atoms with van der Waals surface area (Å²) in [5, 5.41) is 21.1. The molecule has 3 aromatic rings. The van der Waals surface area contributed by atoms with E-state index < -0.39 is 29.3 Å². The third kappa shape index (κ3) is 3.88. The predicted octanol–water partition coefficient (Wildman–Crippen LogP) is 5.44. The van der Waals surface area contributed by atoms with Crippen LogP contribution in [0.3, 0.4) is 0 Å². The molecule has 1 atom stereocenters. The van der Waals surface area contributed by atoms with Gasteiger partial charge in [-0.15, -0.1) is 0 Å². The molecule has 0 spiro atoms. The summed E-state index contributed by atoms with van der Waals surface area (Å²) >= 11 is 6.13. The van der Waals surface area contributed by atoms with Crippen molar-refractivity contribution in [3.8, 4) is 11.5 Å². The Labute approximate surface area is 200 Å². The Morgan fingerprint density at radius 3 is 2.41 bits per heavy atom. The van der Waals surface area contributed by atoms with Gasteiger partial charge in [0.05, 0.1) is 29.3 Å². The van der Waals surface area contributed by atoms with Crippen molar-refractivity contribution in [2.75, 3.05) is 12.0 Å². The number of nitrogens with zero attached hydrogens (tertiary/aromatic N) is 1. The number of anilines is 1. The largest absolute Gasteiger partial charge is 0.507 e. The van der Waals surface area contributed by atoms with Gasteiger partial charge in [-0.3, -0.25) is 14.5 Å². The molecule has 34 heavy (non-hydrogen) atoms. The van der Waals surface area contributed by atoms with Gasteiger partial charge in [-0.1, -0.05) is 23.7 Å². The number of phenolic OH excluding ortho intramolecular Hbond substituents is 1. The molecule has 1 saturated heterocycles. The third-order valence-corrected chi connectivity index (χ3v) is 6.22. The molecule has 3 aromatic carbocycles. The number of phenols is 1. The van der Waals surface area contributed by atoms with Crippen LogP contribution in [-0.4, -0.2) is 29.0 Å². The van der Waals surface area contributed by atoms with Gasteiger partial charge in [-0.05, 0) is 73.0 Å². The van der Waals surface area contributed by atoms with Gasteiger partial charge in [0.2, 0.25) is 0 Å². The van der Waals surface area contributed by atoms with Crippen LogP contribution < -0.4 is 9.64 Å². The van der Waals surface area contributed by atoms with E-state index in [1.165, 1.54) is 36.3 Å². The number of hydrogen-bond donors (Lipinski definition) is 2. The molecule has 0 bridgehead atoms. The first-order valence-electron chi connectivity index (χ1n) is 10.3. The molecule has 1 unspecified atom stereocenters. The Bertz CT molecular complexity index is 1370. The van der Waals surface area contributed by atoms with Crippen LogP contribution in [0.1, 0.15) is 28.3 Å². The van der Waals surface area contributed by atoms with Crippen LogP contribution in [0.15, 0.2) is 60.2 Å². The number of aliphatic hydroxyl groups excluding tert-OH is 1. The number of carbonyl (C=O) groups is 2. The molecule has 4 rings (SSSR count). The van der Waals surface area contributed by atoms with Crippen molar-refractivity contribution >= 4 is 34.7 Å². The number of halogens is 2. The zero-order valence-corrected chi connectivity index (χ0v) is 19.4. The van der Waals surface area contributed by atoms with Gasteiger partial charge >= 0.3 is 0 Å². The van der Waals surface area contributed by atoms with Gasteiger partial charge in [-0.25, -0.2) is 4.39 Å². The molecular formula is C26H21ClFNO5. The summed E-state index contributed by atoms with van der Waals surface area (Å²) in [7, 11) is 1.34. The lowest BCUT2D eigenvalue weighted by atomic mass is 9.94. The minimum atomic E-state index is -1.09. The van der Waals surface area contributed by atoms with Gasteiger partial charge in [0.1, 0.15) is 23.1 Å². The van der Waals surface area contributed by atoms with E-state index in [0.717, 1.165) is 23.3 Å². The van der Waals surface area contributed by atoms with Gasteiger partial charge in [0.25, 0.3) is 11.7 Å². The van der Waals surface area contributed by atoms with E-state index in [4.69, 9.17) is 16.3 Å². The van der Waals surface area contributed by atoms with Crippen LogP contribution >= 0.6 is 11.6 Å². The monoisotopic (exact) mass is 481 g/mol. The summed E-state index contributed by atoms with van der Waals surface area (Å²) in [6.45, 7) is 3.79. The maximum Gasteiger partial charge on any atom is 0.300 e. The van der Waals surface area contributed by atoms with Crippen molar-refractivity contribution in [1.29, 1.82) is 0 Å². The molecule has 0 aromatic heterocycles. The van der Waals surface area contributed by atoms with E-state index >= 15 is 0 Å². The second kappa shape index (κ2) is 8.83. The van der Waals surface area contributed by atoms with E-state index in [1.807, 2.05) is 19.9 Å². The number of rotatable bonds is 4. The van der Waals surface area contributed by atoms with Crippen molar-refractivity contribution < 1.29 is 28.9 Å². The molecule has 1 fully saturated rings. The van der Waals surface area contributed by atoms with Gasteiger partial charge < -0.3 is 14.9 Å². The first kappa shape index (κ1) is 23.3. The molecule has 1 heterocycles. The Morgan fingerprint density at radius 1 is 1.03 bits per heavy atom. The standard InChI is InChI=1S/C26H21ClFNO5/c1-13-4-7-17(10-14(13)2)29-23(15-5-8-20(30)19(27)11-15)22(25(32)26(29)33)24(31)18-12-16(28)6-9-21(18)34-3/h4-12,23,30-31H,1-3H3/b24-22+. The number of aryl methyl sites for hydroxylation is 2. The second-order valence-electron chi connectivity index (χ2n) is 7.99. The molecule has 6 nitrogen and oxygen atoms in total. The van der Waals surface area contributed by atoms with Crippen LogP contribution in [0, 0.1) is 19.7 Å². The SMILES string of the molecule is COc1ccc(F)cc1/C(O)=C1\C(=O)C(=O)N(c2ccc(C)c(C)c2)C1c1ccc(O)c(Cl)c1. The normalized spacial score (nSPS) is 17.3. The number of Topliss-reactive ketones (excluding diaryl/α,β-unsaturated/α-hetero) is 1. The number of methoxy groups -OCH3 is 1. The van der Waals surface area contributed by atoms with Crippen molar-refractivity contribution in [2.45, 2.75) is 19.9 Å². The minimum absolute atomic E-state index is 0.00603. The first-order valence-corrected chi connectivity index (χ1v) is 10.7. The van der Waals surface area contributed by atoms with Crippen LogP contribution in [0.2, 0.25) is 5.02 Å². The fraction of sp³-hybridized carbons (Fsp3) is 0.154. The van der Waals surface area contributed by atoms with Crippen molar-refractivity contribution in [3.63, 3.8) is 0 Å². The van der Waals surface area contributed by atoms with Crippen LogP contribution in [0.5, 0.6) is 11.5 Å². The molecule has 1 aliphatic rings. The van der Waals surface area contributed by atoms with Crippen LogP contribution in [0.25, 0.3) is 5.76 Å². The Morgan fingerprint density at radius 2 is 1.76 bits per heavy atom. The van der Waals surface area contributed by atoms with Crippen molar-refractivity contribution in [2.24, 2.45) is 0 Å². The number of carbonyl (C=O) groups excluding carboxylic acids is 2. The molecule has 1 amide bonds. The Hall–Kier alpha value is -3.84. The highest BCUT2D eigenvalue weighted by Crippen LogP contribution is 2.44. The number of ether oxygens (including phenoxy) is 1. The maximum absolute atomic E-state index is 14.0. The Kier molecular flexibility index (Phi) is 6.06. The second-order valence-corrected chi connectivity index (χ2v) is 8.40. The fourth-order valence-electron chi connectivity index (χ4n) is 3.99. The molecule has 8 heteroatoms. The lowest BCUT2D eigenvalue weighted by Crippen LogP contribution is -2.29. The quantitative estimate of drug-likeness (QED) is 0.294. The van der Waals surface area contributed by atoms with E-state index in [1.54, 1.807) is 12.1 Å². The zero-order chi connectivity index (χ0) is 24.7. The summed E-state index contributed by atoms with van der Waals surface area (Å²) in [6, 6.07) is 11.9. The molecular weight excluding hydrogens is 461 g/mol. The smallest absolute Gasteiger partial charge is 0.300 e. The highest BCUT2D eigenvalue weighted by molar-refractivity contribution is 6.51. The fourth-order valence-corrected chi connectivity index (χ4v) is 4.18. The first-order chi connectivity index (χ1) is 16.1. The van der Waals surface area contributed by atoms with Crippen LogP contribution in [0.4, 0.5) is 10.1 Å². The number of aromatic hydroxyl groups is 1. The van der Waals surface area contributed by atoms with Gasteiger partial charge in [0.15, 0.2) is 0 Å². The van der Waals surface area contributed by atoms with E-state index in [0.29, 0.717) is 11.3 Å². The average Bonchev–Trinajstić information content (AvgIpc) is 3.07. The van der Waals surface area contributed by atoms with Gasteiger partial charge in [-0.2, -0.15) is 0 Å². The highest BCUT2D eigenvalue weighted by atomic mass is 35.5. The number of benzene rings is 3. The van der Waals surface area contributed by atoms with E-state index in [-0.39, 0.29) is 27.7 Å². The van der Waals surface area contributed by atoms with E-state index in [2.05, 4.69) is 0 Å². The number of amides is 1. The maximum atomic E-state index is 14.0.